The zero-order valence-electron chi connectivity index (χ0n) is 12.0. The van der Waals surface area contributed by atoms with Gasteiger partial charge in [0.05, 0.1) is 0 Å². The third-order valence-electron chi connectivity index (χ3n) is 4.68. The molecule has 0 bridgehead atoms. The predicted molar refractivity (Wildman–Crippen MR) is 84.7 cm³/mol. The minimum atomic E-state index is 0. The molecule has 1 aliphatic carbocycles. The summed E-state index contributed by atoms with van der Waals surface area (Å²) in [5.74, 6) is 0.255. The fraction of sp³-hybridized carbons (Fsp3) is 0.562. The number of hydrogen-bond acceptors (Lipinski definition) is 2. The van der Waals surface area contributed by atoms with Gasteiger partial charge in [-0.1, -0.05) is 31.0 Å². The number of rotatable bonds is 3. The highest BCUT2D eigenvalue weighted by molar-refractivity contribution is 5.96. The van der Waals surface area contributed by atoms with E-state index >= 15 is 0 Å². The molecule has 1 fully saturated rings. The summed E-state index contributed by atoms with van der Waals surface area (Å²) in [5.41, 5.74) is 2.82. The molecule has 20 heavy (non-hydrogen) atoms. The smallest absolute Gasteiger partial charge is 0.228 e. The van der Waals surface area contributed by atoms with Gasteiger partial charge in [-0.05, 0) is 31.5 Å². The van der Waals surface area contributed by atoms with Gasteiger partial charge in [0.15, 0.2) is 0 Å². The Bertz CT molecular complexity index is 483. The summed E-state index contributed by atoms with van der Waals surface area (Å²) in [6.45, 7) is 1.65. The SMILES string of the molecule is CNCCC(=O)N1CC2(CCCC2)c2ccccc21.Cl. The molecule has 0 atom stereocenters. The van der Waals surface area contributed by atoms with Crippen molar-refractivity contribution in [2.75, 3.05) is 25.0 Å². The van der Waals surface area contributed by atoms with Gasteiger partial charge in [0.25, 0.3) is 0 Å². The van der Waals surface area contributed by atoms with E-state index in [0.717, 1.165) is 18.8 Å². The van der Waals surface area contributed by atoms with Crippen LogP contribution in [0.4, 0.5) is 5.69 Å². The molecule has 110 valence electrons. The Morgan fingerprint density at radius 2 is 2.00 bits per heavy atom. The molecule has 1 spiro atoms. The molecule has 0 radical (unpaired) electrons. The van der Waals surface area contributed by atoms with Crippen LogP contribution in [-0.4, -0.2) is 26.0 Å². The molecule has 4 heteroatoms. The summed E-state index contributed by atoms with van der Waals surface area (Å²) < 4.78 is 0. The second-order valence-electron chi connectivity index (χ2n) is 5.84. The van der Waals surface area contributed by atoms with Crippen LogP contribution in [0.1, 0.15) is 37.7 Å². The lowest BCUT2D eigenvalue weighted by Crippen LogP contribution is -2.36. The zero-order chi connectivity index (χ0) is 13.3. The van der Waals surface area contributed by atoms with E-state index < -0.39 is 0 Å². The van der Waals surface area contributed by atoms with Gasteiger partial charge < -0.3 is 10.2 Å². The molecule has 1 heterocycles. The summed E-state index contributed by atoms with van der Waals surface area (Å²) in [5, 5.41) is 3.06. The highest BCUT2D eigenvalue weighted by Crippen LogP contribution is 2.50. The maximum Gasteiger partial charge on any atom is 0.228 e. The van der Waals surface area contributed by atoms with E-state index in [-0.39, 0.29) is 23.7 Å². The topological polar surface area (TPSA) is 32.3 Å². The van der Waals surface area contributed by atoms with E-state index in [0.29, 0.717) is 6.42 Å². The maximum absolute atomic E-state index is 12.4. The first-order chi connectivity index (χ1) is 9.27. The van der Waals surface area contributed by atoms with E-state index in [1.807, 2.05) is 18.0 Å². The molecule has 2 aliphatic rings. The Balaban J connectivity index is 0.00000147. The Labute approximate surface area is 127 Å². The van der Waals surface area contributed by atoms with Gasteiger partial charge in [-0.25, -0.2) is 0 Å². The van der Waals surface area contributed by atoms with Crippen molar-refractivity contribution in [2.45, 2.75) is 37.5 Å². The van der Waals surface area contributed by atoms with Gasteiger partial charge in [-0.2, -0.15) is 0 Å². The van der Waals surface area contributed by atoms with Gasteiger partial charge in [0.1, 0.15) is 0 Å². The lowest BCUT2D eigenvalue weighted by atomic mass is 9.81. The number of hydrogen-bond donors (Lipinski definition) is 1. The van der Waals surface area contributed by atoms with E-state index in [4.69, 9.17) is 0 Å². The third-order valence-corrected chi connectivity index (χ3v) is 4.68. The molecule has 0 saturated heterocycles. The predicted octanol–water partition coefficient (Wildman–Crippen LogP) is 2.88. The number of carbonyl (C=O) groups excluding carboxylic acids is 1. The van der Waals surface area contributed by atoms with Crippen molar-refractivity contribution >= 4 is 24.0 Å². The number of halogens is 1. The summed E-state index contributed by atoms with van der Waals surface area (Å²) in [6.07, 6.45) is 5.65. The van der Waals surface area contributed by atoms with Crippen molar-refractivity contribution in [1.29, 1.82) is 0 Å². The second-order valence-corrected chi connectivity index (χ2v) is 5.84. The van der Waals surface area contributed by atoms with Gasteiger partial charge in [-0.3, -0.25) is 4.79 Å². The number of nitrogens with zero attached hydrogens (tertiary/aromatic N) is 1. The van der Waals surface area contributed by atoms with Crippen LogP contribution >= 0.6 is 12.4 Å². The van der Waals surface area contributed by atoms with E-state index in [1.54, 1.807) is 0 Å². The molecule has 0 unspecified atom stereocenters. The molecule has 3 nitrogen and oxygen atoms in total. The maximum atomic E-state index is 12.4. The average molecular weight is 295 g/mol. The molecule has 1 aliphatic heterocycles. The number of carbonyl (C=O) groups is 1. The van der Waals surface area contributed by atoms with Crippen LogP contribution in [0, 0.1) is 0 Å². The summed E-state index contributed by atoms with van der Waals surface area (Å²) >= 11 is 0. The van der Waals surface area contributed by atoms with Crippen LogP contribution in [-0.2, 0) is 10.2 Å². The molecule has 0 aromatic heterocycles. The van der Waals surface area contributed by atoms with E-state index in [1.165, 1.54) is 31.2 Å². The van der Waals surface area contributed by atoms with Crippen LogP contribution in [0.3, 0.4) is 0 Å². The number of para-hydroxylation sites is 1. The highest BCUT2D eigenvalue weighted by atomic mass is 35.5. The normalized spacial score (nSPS) is 18.9. The fourth-order valence-corrected chi connectivity index (χ4v) is 3.70. The summed E-state index contributed by atoms with van der Waals surface area (Å²) in [4.78, 5) is 14.4. The highest BCUT2D eigenvalue weighted by Gasteiger charge is 2.45. The van der Waals surface area contributed by atoms with Crippen molar-refractivity contribution in [2.24, 2.45) is 0 Å². The standard InChI is InChI=1S/C16H22N2O.ClH/c1-17-11-8-15(19)18-12-16(9-4-5-10-16)13-6-2-3-7-14(13)18;/h2-3,6-7,17H,4-5,8-12H2,1H3;1H. The number of amides is 1. The second kappa shape index (κ2) is 6.15. The monoisotopic (exact) mass is 294 g/mol. The fourth-order valence-electron chi connectivity index (χ4n) is 3.70. The minimum Gasteiger partial charge on any atom is -0.319 e. The van der Waals surface area contributed by atoms with Crippen LogP contribution in [0.5, 0.6) is 0 Å². The largest absolute Gasteiger partial charge is 0.319 e. The summed E-state index contributed by atoms with van der Waals surface area (Å²) in [7, 11) is 1.89. The van der Waals surface area contributed by atoms with Gasteiger partial charge in [0.2, 0.25) is 5.91 Å². The van der Waals surface area contributed by atoms with Crippen molar-refractivity contribution < 1.29 is 4.79 Å². The van der Waals surface area contributed by atoms with Crippen LogP contribution in [0.25, 0.3) is 0 Å². The van der Waals surface area contributed by atoms with Crippen LogP contribution in [0.2, 0.25) is 0 Å². The number of benzene rings is 1. The van der Waals surface area contributed by atoms with Gasteiger partial charge in [0, 0.05) is 30.6 Å². The number of fused-ring (bicyclic) bond motifs is 2. The summed E-state index contributed by atoms with van der Waals surface area (Å²) in [6, 6.07) is 8.50. The Morgan fingerprint density at radius 3 is 2.70 bits per heavy atom. The Morgan fingerprint density at radius 1 is 1.30 bits per heavy atom. The molecule has 1 N–H and O–H groups in total. The molecule has 1 aromatic rings. The van der Waals surface area contributed by atoms with Crippen molar-refractivity contribution in [1.82, 2.24) is 5.32 Å². The van der Waals surface area contributed by atoms with Crippen molar-refractivity contribution in [3.8, 4) is 0 Å². The van der Waals surface area contributed by atoms with Crippen LogP contribution in [0.15, 0.2) is 24.3 Å². The average Bonchev–Trinajstić information content (AvgIpc) is 3.04. The molecule has 1 saturated carbocycles. The van der Waals surface area contributed by atoms with E-state index in [2.05, 4.69) is 23.5 Å². The molecule has 3 rings (SSSR count). The van der Waals surface area contributed by atoms with Crippen LogP contribution < -0.4 is 10.2 Å². The Kier molecular flexibility index (Phi) is 4.71. The van der Waals surface area contributed by atoms with E-state index in [9.17, 15) is 4.79 Å². The van der Waals surface area contributed by atoms with Crippen molar-refractivity contribution in [3.63, 3.8) is 0 Å². The van der Waals surface area contributed by atoms with Gasteiger partial charge in [-0.15, -0.1) is 12.4 Å². The molecular weight excluding hydrogens is 272 g/mol. The molecular formula is C16H23ClN2O. The first-order valence-electron chi connectivity index (χ1n) is 7.31. The van der Waals surface area contributed by atoms with Gasteiger partial charge >= 0.3 is 0 Å². The minimum absolute atomic E-state index is 0. The molecule has 1 aromatic carbocycles. The number of nitrogens with one attached hydrogen (secondary N) is 1. The lowest BCUT2D eigenvalue weighted by molar-refractivity contribution is -0.118. The molecule has 1 amide bonds. The van der Waals surface area contributed by atoms with Crippen molar-refractivity contribution in [3.05, 3.63) is 29.8 Å². The lowest BCUT2D eigenvalue weighted by Gasteiger charge is -2.24. The zero-order valence-corrected chi connectivity index (χ0v) is 12.8. The number of anilines is 1. The quantitative estimate of drug-likeness (QED) is 0.930. The first-order valence-corrected chi connectivity index (χ1v) is 7.31. The first kappa shape index (κ1) is 15.3. The third kappa shape index (κ3) is 2.45. The Hall–Kier alpha value is -1.06.